The Morgan fingerprint density at radius 1 is 1.27 bits per heavy atom. The summed E-state index contributed by atoms with van der Waals surface area (Å²) >= 11 is 5.95. The lowest BCUT2D eigenvalue weighted by molar-refractivity contribution is -0.128. The highest BCUT2D eigenvalue weighted by Crippen LogP contribution is 2.21. The maximum Gasteiger partial charge on any atom is 0.240 e. The van der Waals surface area contributed by atoms with Crippen molar-refractivity contribution in [2.24, 2.45) is 0 Å². The van der Waals surface area contributed by atoms with Crippen LogP contribution in [0, 0.1) is 6.92 Å². The van der Waals surface area contributed by atoms with E-state index in [2.05, 4.69) is 10.8 Å². The maximum absolute atomic E-state index is 12.4. The molecule has 0 saturated heterocycles. The van der Waals surface area contributed by atoms with Gasteiger partial charge in [0.05, 0.1) is 4.90 Å². The van der Waals surface area contributed by atoms with Gasteiger partial charge in [0.2, 0.25) is 15.9 Å². The van der Waals surface area contributed by atoms with Crippen LogP contribution in [-0.4, -0.2) is 38.9 Å². The molecule has 0 unspecified atom stereocenters. The number of nitrogens with one attached hydrogen (secondary N) is 1. The molecule has 2 rings (SSSR count). The lowest BCUT2D eigenvalue weighted by Crippen LogP contribution is -2.38. The summed E-state index contributed by atoms with van der Waals surface area (Å²) in [7, 11) is -3.61. The average molecular weight is 399 g/mol. The second-order valence-corrected chi connectivity index (χ2v) is 8.85. The number of carbonyl (C=O) groups is 1. The van der Waals surface area contributed by atoms with Crippen molar-refractivity contribution in [2.45, 2.75) is 50.8 Å². The quantitative estimate of drug-likeness (QED) is 0.679. The first kappa shape index (κ1) is 20.9. The Labute approximate surface area is 161 Å². The van der Waals surface area contributed by atoms with Gasteiger partial charge in [-0.1, -0.05) is 23.3 Å². The van der Waals surface area contributed by atoms with E-state index < -0.39 is 10.0 Å². The van der Waals surface area contributed by atoms with Gasteiger partial charge in [0.1, 0.15) is 0 Å². The van der Waals surface area contributed by atoms with E-state index in [0.717, 1.165) is 19.3 Å². The van der Waals surface area contributed by atoms with Crippen molar-refractivity contribution in [1.29, 1.82) is 0 Å². The Kier molecular flexibility index (Phi) is 7.68. The molecule has 0 fully saturated rings. The number of sulfonamides is 1. The fraction of sp³-hybridized carbons (Fsp3) is 0.526. The molecule has 0 heterocycles. The SMILES string of the molecule is CC(=O)N(CCNS(=O)(=O)c1ccc(Cl)c(C)c1)CCC1=CCCCC1. The van der Waals surface area contributed by atoms with E-state index in [9.17, 15) is 13.2 Å². The number of aryl methyl sites for hydroxylation is 1. The van der Waals surface area contributed by atoms with E-state index in [1.165, 1.54) is 31.4 Å². The monoisotopic (exact) mass is 398 g/mol. The van der Waals surface area contributed by atoms with E-state index in [0.29, 0.717) is 23.7 Å². The summed E-state index contributed by atoms with van der Waals surface area (Å²) in [4.78, 5) is 13.7. The van der Waals surface area contributed by atoms with Crippen LogP contribution in [0.4, 0.5) is 0 Å². The van der Waals surface area contributed by atoms with Crippen molar-refractivity contribution in [2.75, 3.05) is 19.6 Å². The molecule has 0 aromatic heterocycles. The zero-order valence-electron chi connectivity index (χ0n) is 15.4. The van der Waals surface area contributed by atoms with Crippen molar-refractivity contribution < 1.29 is 13.2 Å². The lowest BCUT2D eigenvalue weighted by Gasteiger charge is -2.23. The maximum atomic E-state index is 12.4. The Balaban J connectivity index is 1.88. The van der Waals surface area contributed by atoms with Crippen LogP contribution in [0.25, 0.3) is 0 Å². The second-order valence-electron chi connectivity index (χ2n) is 6.67. The zero-order valence-corrected chi connectivity index (χ0v) is 17.0. The number of halogens is 1. The van der Waals surface area contributed by atoms with Crippen molar-refractivity contribution in [1.82, 2.24) is 9.62 Å². The van der Waals surface area contributed by atoms with Gasteiger partial charge in [-0.05, 0) is 62.8 Å². The smallest absolute Gasteiger partial charge is 0.240 e. The molecule has 1 N–H and O–H groups in total. The fourth-order valence-electron chi connectivity index (χ4n) is 3.02. The van der Waals surface area contributed by atoms with Gasteiger partial charge in [0.15, 0.2) is 0 Å². The predicted octanol–water partition coefficient (Wildman–Crippen LogP) is 3.67. The van der Waals surface area contributed by atoms with Gasteiger partial charge in [-0.25, -0.2) is 13.1 Å². The minimum atomic E-state index is -3.61. The third kappa shape index (κ3) is 6.11. The summed E-state index contributed by atoms with van der Waals surface area (Å²) in [6, 6.07) is 4.60. The summed E-state index contributed by atoms with van der Waals surface area (Å²) in [6.07, 6.45) is 7.82. The van der Waals surface area contributed by atoms with E-state index in [1.807, 2.05) is 0 Å². The van der Waals surface area contributed by atoms with E-state index in [4.69, 9.17) is 11.6 Å². The van der Waals surface area contributed by atoms with Crippen LogP contribution in [0.2, 0.25) is 5.02 Å². The zero-order chi connectivity index (χ0) is 19.2. The van der Waals surface area contributed by atoms with Gasteiger partial charge in [0, 0.05) is 31.6 Å². The number of amides is 1. The first-order valence-electron chi connectivity index (χ1n) is 8.99. The summed E-state index contributed by atoms with van der Waals surface area (Å²) < 4.78 is 27.3. The van der Waals surface area contributed by atoms with Gasteiger partial charge in [-0.15, -0.1) is 0 Å². The Hall–Kier alpha value is -1.37. The molecule has 0 aliphatic heterocycles. The summed E-state index contributed by atoms with van der Waals surface area (Å²) in [5, 5.41) is 0.531. The van der Waals surface area contributed by atoms with E-state index >= 15 is 0 Å². The van der Waals surface area contributed by atoms with Crippen molar-refractivity contribution in [3.8, 4) is 0 Å². The number of rotatable bonds is 8. The molecule has 26 heavy (non-hydrogen) atoms. The molecule has 7 heteroatoms. The van der Waals surface area contributed by atoms with Gasteiger partial charge in [-0.2, -0.15) is 0 Å². The van der Waals surface area contributed by atoms with Crippen LogP contribution >= 0.6 is 11.6 Å². The molecule has 5 nitrogen and oxygen atoms in total. The van der Waals surface area contributed by atoms with Crippen LogP contribution < -0.4 is 4.72 Å². The minimum absolute atomic E-state index is 0.0389. The Morgan fingerprint density at radius 3 is 2.65 bits per heavy atom. The molecule has 144 valence electrons. The normalized spacial score (nSPS) is 14.8. The molecule has 1 aromatic rings. The number of allylic oxidation sites excluding steroid dienone is 1. The number of benzene rings is 1. The molecule has 1 aromatic carbocycles. The highest BCUT2D eigenvalue weighted by Gasteiger charge is 2.16. The molecule has 1 amide bonds. The second kappa shape index (κ2) is 9.53. The average Bonchev–Trinajstić information content (AvgIpc) is 2.60. The number of hydrogen-bond donors (Lipinski definition) is 1. The third-order valence-electron chi connectivity index (χ3n) is 4.65. The topological polar surface area (TPSA) is 66.5 Å². The van der Waals surface area contributed by atoms with Crippen molar-refractivity contribution in [3.05, 3.63) is 40.4 Å². The number of hydrogen-bond acceptors (Lipinski definition) is 3. The van der Waals surface area contributed by atoms with Gasteiger partial charge < -0.3 is 4.90 Å². The lowest BCUT2D eigenvalue weighted by atomic mass is 9.97. The standard InChI is InChI=1S/C19H27ClN2O3S/c1-15-14-18(8-9-19(15)20)26(24,25)21-11-13-22(16(2)23)12-10-17-6-4-3-5-7-17/h6,8-9,14,21H,3-5,7,10-13H2,1-2H3. The molecule has 1 aliphatic carbocycles. The molecular formula is C19H27ClN2O3S. The third-order valence-corrected chi connectivity index (χ3v) is 6.53. The van der Waals surface area contributed by atoms with Crippen molar-refractivity contribution >= 4 is 27.5 Å². The number of carbonyl (C=O) groups excluding carboxylic acids is 1. The summed E-state index contributed by atoms with van der Waals surface area (Å²) in [5.74, 6) is -0.0389. The Bertz CT molecular complexity index is 775. The van der Waals surface area contributed by atoms with E-state index in [-0.39, 0.29) is 17.3 Å². The highest BCUT2D eigenvalue weighted by molar-refractivity contribution is 7.89. The van der Waals surface area contributed by atoms with E-state index in [1.54, 1.807) is 24.0 Å². The van der Waals surface area contributed by atoms with Gasteiger partial charge >= 0.3 is 0 Å². The summed E-state index contributed by atoms with van der Waals surface area (Å²) in [5.41, 5.74) is 2.11. The minimum Gasteiger partial charge on any atom is -0.341 e. The summed E-state index contributed by atoms with van der Waals surface area (Å²) in [6.45, 7) is 4.45. The molecule has 0 radical (unpaired) electrons. The van der Waals surface area contributed by atoms with Crippen LogP contribution in [0.5, 0.6) is 0 Å². The molecule has 0 atom stereocenters. The molecule has 0 spiro atoms. The highest BCUT2D eigenvalue weighted by atomic mass is 35.5. The van der Waals surface area contributed by atoms with Crippen molar-refractivity contribution in [3.63, 3.8) is 0 Å². The Morgan fingerprint density at radius 2 is 2.04 bits per heavy atom. The first-order chi connectivity index (χ1) is 12.3. The molecule has 0 bridgehead atoms. The van der Waals surface area contributed by atoms with Gasteiger partial charge in [-0.3, -0.25) is 4.79 Å². The van der Waals surface area contributed by atoms with Crippen LogP contribution in [0.3, 0.4) is 0 Å². The van der Waals surface area contributed by atoms with Crippen LogP contribution in [0.15, 0.2) is 34.7 Å². The molecule has 0 saturated carbocycles. The predicted molar refractivity (Wildman–Crippen MR) is 105 cm³/mol. The molecule has 1 aliphatic rings. The van der Waals surface area contributed by atoms with Crippen LogP contribution in [0.1, 0.15) is 44.6 Å². The number of nitrogens with zero attached hydrogens (tertiary/aromatic N) is 1. The van der Waals surface area contributed by atoms with Crippen LogP contribution in [-0.2, 0) is 14.8 Å². The fourth-order valence-corrected chi connectivity index (χ4v) is 4.24. The molecular weight excluding hydrogens is 372 g/mol. The largest absolute Gasteiger partial charge is 0.341 e. The van der Waals surface area contributed by atoms with Gasteiger partial charge in [0.25, 0.3) is 0 Å². The first-order valence-corrected chi connectivity index (χ1v) is 10.8.